The molecular weight excluding hydrogens is 337 g/mol. The molecule has 0 radical (unpaired) electrons. The zero-order chi connectivity index (χ0) is 18.9. The number of anilines is 1. The summed E-state index contributed by atoms with van der Waals surface area (Å²) in [6.45, 7) is 2.99. The average Bonchev–Trinajstić information content (AvgIpc) is 2.61. The Kier molecular flexibility index (Phi) is 6.84. The second kappa shape index (κ2) is 9.31. The minimum absolute atomic E-state index is 0.0855. The molecule has 0 unspecified atom stereocenters. The van der Waals surface area contributed by atoms with Crippen molar-refractivity contribution in [3.05, 3.63) is 65.5 Å². The van der Waals surface area contributed by atoms with Crippen LogP contribution in [-0.2, 0) is 21.0 Å². The predicted octanol–water partition coefficient (Wildman–Crippen LogP) is 2.84. The standard InChI is InChI=1S/C19H20FN3O3/c1-13(15-7-9-17(10-8-15)22-14(2)24)23-26-12-19(25)21-11-16-5-3-4-6-18(16)20/h3-10H,11-12H2,1-2H3,(H,21,25)(H,22,24)/b23-13+. The van der Waals surface area contributed by atoms with Crippen molar-refractivity contribution in [1.82, 2.24) is 5.32 Å². The normalized spacial score (nSPS) is 11.0. The van der Waals surface area contributed by atoms with Crippen LogP contribution in [0, 0.1) is 5.82 Å². The predicted molar refractivity (Wildman–Crippen MR) is 97.2 cm³/mol. The van der Waals surface area contributed by atoms with Gasteiger partial charge < -0.3 is 15.5 Å². The maximum Gasteiger partial charge on any atom is 0.261 e. The fourth-order valence-corrected chi connectivity index (χ4v) is 2.13. The van der Waals surface area contributed by atoms with Gasteiger partial charge in [-0.15, -0.1) is 0 Å². The van der Waals surface area contributed by atoms with Gasteiger partial charge in [0.15, 0.2) is 6.61 Å². The molecule has 0 spiro atoms. The van der Waals surface area contributed by atoms with E-state index in [4.69, 9.17) is 4.84 Å². The van der Waals surface area contributed by atoms with E-state index in [2.05, 4.69) is 15.8 Å². The fourth-order valence-electron chi connectivity index (χ4n) is 2.13. The van der Waals surface area contributed by atoms with Gasteiger partial charge in [-0.2, -0.15) is 0 Å². The average molecular weight is 357 g/mol. The largest absolute Gasteiger partial charge is 0.385 e. The summed E-state index contributed by atoms with van der Waals surface area (Å²) in [6.07, 6.45) is 0. The van der Waals surface area contributed by atoms with Crippen LogP contribution in [0.3, 0.4) is 0 Å². The second-order valence-electron chi connectivity index (χ2n) is 5.58. The third kappa shape index (κ3) is 6.01. The topological polar surface area (TPSA) is 79.8 Å². The minimum atomic E-state index is -0.397. The molecule has 6 nitrogen and oxygen atoms in total. The Bertz CT molecular complexity index is 804. The molecule has 0 bridgehead atoms. The van der Waals surface area contributed by atoms with Crippen molar-refractivity contribution in [3.63, 3.8) is 0 Å². The minimum Gasteiger partial charge on any atom is -0.385 e. The van der Waals surface area contributed by atoms with Gasteiger partial charge in [0.2, 0.25) is 5.91 Å². The van der Waals surface area contributed by atoms with Crippen molar-refractivity contribution in [2.45, 2.75) is 20.4 Å². The molecule has 0 aliphatic carbocycles. The number of carbonyl (C=O) groups excluding carboxylic acids is 2. The van der Waals surface area contributed by atoms with E-state index in [9.17, 15) is 14.0 Å². The Balaban J connectivity index is 1.80. The Morgan fingerprint density at radius 3 is 2.42 bits per heavy atom. The summed E-state index contributed by atoms with van der Waals surface area (Å²) >= 11 is 0. The van der Waals surface area contributed by atoms with Crippen molar-refractivity contribution in [3.8, 4) is 0 Å². The molecule has 0 aliphatic rings. The van der Waals surface area contributed by atoms with E-state index >= 15 is 0 Å². The lowest BCUT2D eigenvalue weighted by atomic mass is 10.1. The van der Waals surface area contributed by atoms with E-state index in [-0.39, 0.29) is 24.9 Å². The number of nitrogens with zero attached hydrogens (tertiary/aromatic N) is 1. The van der Waals surface area contributed by atoms with Gasteiger partial charge in [0.1, 0.15) is 5.82 Å². The van der Waals surface area contributed by atoms with E-state index in [0.29, 0.717) is 17.0 Å². The van der Waals surface area contributed by atoms with Crippen LogP contribution in [0.15, 0.2) is 53.7 Å². The van der Waals surface area contributed by atoms with E-state index in [1.165, 1.54) is 13.0 Å². The van der Waals surface area contributed by atoms with Gasteiger partial charge >= 0.3 is 0 Å². The fraction of sp³-hybridized carbons (Fsp3) is 0.211. The lowest BCUT2D eigenvalue weighted by molar-refractivity contribution is -0.125. The van der Waals surface area contributed by atoms with Gasteiger partial charge in [-0.3, -0.25) is 9.59 Å². The first-order valence-corrected chi connectivity index (χ1v) is 8.00. The van der Waals surface area contributed by atoms with E-state index in [0.717, 1.165) is 5.56 Å². The maximum atomic E-state index is 13.5. The quantitative estimate of drug-likeness (QED) is 0.591. The Morgan fingerprint density at radius 1 is 1.08 bits per heavy atom. The molecule has 0 fully saturated rings. The van der Waals surface area contributed by atoms with Gasteiger partial charge in [-0.1, -0.05) is 35.5 Å². The van der Waals surface area contributed by atoms with Crippen molar-refractivity contribution in [2.75, 3.05) is 11.9 Å². The zero-order valence-corrected chi connectivity index (χ0v) is 14.6. The van der Waals surface area contributed by atoms with Crippen LogP contribution in [0.1, 0.15) is 25.0 Å². The number of rotatable bonds is 7. The van der Waals surface area contributed by atoms with Gasteiger partial charge in [0, 0.05) is 24.7 Å². The first kappa shape index (κ1) is 19.1. The maximum absolute atomic E-state index is 13.5. The monoisotopic (exact) mass is 357 g/mol. The van der Waals surface area contributed by atoms with Crippen molar-refractivity contribution >= 4 is 23.2 Å². The number of oxime groups is 1. The molecule has 0 atom stereocenters. The zero-order valence-electron chi connectivity index (χ0n) is 14.6. The van der Waals surface area contributed by atoms with Crippen LogP contribution in [0.2, 0.25) is 0 Å². The number of carbonyl (C=O) groups is 2. The summed E-state index contributed by atoms with van der Waals surface area (Å²) in [4.78, 5) is 27.7. The molecule has 26 heavy (non-hydrogen) atoms. The smallest absolute Gasteiger partial charge is 0.261 e. The molecule has 2 amide bonds. The van der Waals surface area contributed by atoms with Crippen LogP contribution in [0.25, 0.3) is 0 Å². The summed E-state index contributed by atoms with van der Waals surface area (Å²) in [6, 6.07) is 13.3. The second-order valence-corrected chi connectivity index (χ2v) is 5.58. The first-order chi connectivity index (χ1) is 12.5. The number of amides is 2. The van der Waals surface area contributed by atoms with Gasteiger partial charge in [-0.25, -0.2) is 4.39 Å². The number of nitrogens with one attached hydrogen (secondary N) is 2. The molecule has 2 N–H and O–H groups in total. The van der Waals surface area contributed by atoms with Gasteiger partial charge in [0.25, 0.3) is 5.91 Å². The van der Waals surface area contributed by atoms with Crippen molar-refractivity contribution in [1.29, 1.82) is 0 Å². The van der Waals surface area contributed by atoms with Crippen LogP contribution < -0.4 is 10.6 Å². The van der Waals surface area contributed by atoms with Crippen LogP contribution in [0.4, 0.5) is 10.1 Å². The summed E-state index contributed by atoms with van der Waals surface area (Å²) in [5.41, 5.74) is 2.47. The Morgan fingerprint density at radius 2 is 1.77 bits per heavy atom. The summed E-state index contributed by atoms with van der Waals surface area (Å²) in [5, 5.41) is 9.13. The number of hydrogen-bond donors (Lipinski definition) is 2. The molecule has 0 heterocycles. The molecule has 0 saturated carbocycles. The SMILES string of the molecule is CC(=O)Nc1ccc(/C(C)=N/OCC(=O)NCc2ccccc2F)cc1. The van der Waals surface area contributed by atoms with Crippen LogP contribution in [0.5, 0.6) is 0 Å². The number of hydrogen-bond acceptors (Lipinski definition) is 4. The molecule has 2 rings (SSSR count). The molecular formula is C19H20FN3O3. The summed E-state index contributed by atoms with van der Waals surface area (Å²) in [5.74, 6) is -0.913. The molecule has 136 valence electrons. The van der Waals surface area contributed by atoms with Crippen LogP contribution >= 0.6 is 0 Å². The van der Waals surface area contributed by atoms with Gasteiger partial charge in [-0.05, 0) is 30.7 Å². The lowest BCUT2D eigenvalue weighted by Crippen LogP contribution is -2.26. The first-order valence-electron chi connectivity index (χ1n) is 8.00. The molecule has 7 heteroatoms. The van der Waals surface area contributed by atoms with Gasteiger partial charge in [0.05, 0.1) is 5.71 Å². The highest BCUT2D eigenvalue weighted by Gasteiger charge is 2.05. The highest BCUT2D eigenvalue weighted by Crippen LogP contribution is 2.10. The third-order valence-corrected chi connectivity index (χ3v) is 3.45. The summed E-state index contributed by atoms with van der Waals surface area (Å²) < 4.78 is 13.5. The van der Waals surface area contributed by atoms with E-state index in [1.807, 2.05) is 0 Å². The van der Waals surface area contributed by atoms with Crippen molar-refractivity contribution in [2.24, 2.45) is 5.16 Å². The Labute approximate surface area is 151 Å². The third-order valence-electron chi connectivity index (χ3n) is 3.45. The Hall–Kier alpha value is -3.22. The molecule has 0 aliphatic heterocycles. The molecule has 0 saturated heterocycles. The number of halogens is 1. The highest BCUT2D eigenvalue weighted by molar-refractivity contribution is 5.99. The number of benzene rings is 2. The molecule has 2 aromatic rings. The molecule has 2 aromatic carbocycles. The highest BCUT2D eigenvalue weighted by atomic mass is 19.1. The van der Waals surface area contributed by atoms with E-state index in [1.54, 1.807) is 49.4 Å². The van der Waals surface area contributed by atoms with E-state index < -0.39 is 5.91 Å². The lowest BCUT2D eigenvalue weighted by Gasteiger charge is -2.06. The molecule has 0 aromatic heterocycles. The summed E-state index contributed by atoms with van der Waals surface area (Å²) in [7, 11) is 0. The van der Waals surface area contributed by atoms with Crippen LogP contribution in [-0.4, -0.2) is 24.1 Å². The van der Waals surface area contributed by atoms with Crippen molar-refractivity contribution < 1.29 is 18.8 Å².